The topological polar surface area (TPSA) is 119 Å². The van der Waals surface area contributed by atoms with E-state index in [1.807, 2.05) is 0 Å². The summed E-state index contributed by atoms with van der Waals surface area (Å²) < 4.78 is 0. The van der Waals surface area contributed by atoms with E-state index in [-0.39, 0.29) is 16.5 Å². The summed E-state index contributed by atoms with van der Waals surface area (Å²) >= 11 is 13.2. The van der Waals surface area contributed by atoms with Gasteiger partial charge in [-0.2, -0.15) is 0 Å². The zero-order chi connectivity index (χ0) is 16.1. The summed E-state index contributed by atoms with van der Waals surface area (Å²) in [5.41, 5.74) is -0.0598. The lowest BCUT2D eigenvalue weighted by molar-refractivity contribution is 0.0993. The highest BCUT2D eigenvalue weighted by Crippen LogP contribution is 2.27. The van der Waals surface area contributed by atoms with Crippen molar-refractivity contribution in [1.82, 2.24) is 15.0 Å². The van der Waals surface area contributed by atoms with Crippen molar-refractivity contribution < 1.29 is 4.79 Å². The number of aromatic nitrogens is 3. The molecule has 2 aromatic heterocycles. The van der Waals surface area contributed by atoms with Crippen molar-refractivity contribution in [2.75, 3.05) is 11.6 Å². The van der Waals surface area contributed by atoms with Gasteiger partial charge in [-0.25, -0.2) is 15.0 Å². The van der Waals surface area contributed by atoms with Gasteiger partial charge in [0.15, 0.2) is 11.0 Å². The normalized spacial score (nSPS) is 10.9. The molecule has 1 amide bonds. The number of nitrogens with two attached hydrogens (primary N) is 1. The second kappa shape index (κ2) is 7.34. The number of hydrogen-bond donors (Lipinski definition) is 2. The van der Waals surface area contributed by atoms with Crippen LogP contribution in [0.2, 0.25) is 10.2 Å². The minimum absolute atomic E-state index is 0.0598. The predicted octanol–water partition coefficient (Wildman–Crippen LogP) is 3.11. The van der Waals surface area contributed by atoms with Crippen LogP contribution in [0, 0.1) is 0 Å². The second-order valence-corrected chi connectivity index (χ2v) is 5.30. The van der Waals surface area contributed by atoms with Crippen LogP contribution < -0.4 is 11.2 Å². The van der Waals surface area contributed by atoms with E-state index in [0.29, 0.717) is 16.0 Å². The Morgan fingerprint density at radius 2 is 2.18 bits per heavy atom. The largest absolute Gasteiger partial charge is 0.324 e. The molecule has 0 saturated carbocycles. The number of carbonyl (C=O) groups is 1. The van der Waals surface area contributed by atoms with Gasteiger partial charge in [-0.3, -0.25) is 4.79 Å². The Balaban J connectivity index is 2.51. The summed E-state index contributed by atoms with van der Waals surface area (Å²) in [5.74, 6) is 4.64. The number of thioether (sulfide) groups is 1. The maximum Gasteiger partial charge on any atom is 0.303 e. The van der Waals surface area contributed by atoms with Crippen molar-refractivity contribution in [3.63, 3.8) is 0 Å². The zero-order valence-electron chi connectivity index (χ0n) is 11.1. The van der Waals surface area contributed by atoms with Crippen LogP contribution in [0.25, 0.3) is 0 Å². The Labute approximate surface area is 139 Å². The van der Waals surface area contributed by atoms with Gasteiger partial charge in [-0.1, -0.05) is 45.3 Å². The number of nitrogens with one attached hydrogen (secondary N) is 1. The van der Waals surface area contributed by atoms with Crippen molar-refractivity contribution in [1.29, 1.82) is 0 Å². The molecular formula is C11H9Cl2N7OS. The van der Waals surface area contributed by atoms with E-state index in [2.05, 4.69) is 30.6 Å². The third-order valence-electron chi connectivity index (χ3n) is 2.36. The fourth-order valence-electron chi connectivity index (χ4n) is 1.48. The molecule has 0 bridgehead atoms. The molecule has 0 saturated heterocycles. The number of nitrogens with zero attached hydrogens (tertiary/aromatic N) is 5. The first kappa shape index (κ1) is 16.4. The maximum atomic E-state index is 11.9. The van der Waals surface area contributed by atoms with Gasteiger partial charge in [-0.05, 0) is 18.4 Å². The van der Waals surface area contributed by atoms with E-state index in [0.717, 1.165) is 0 Å². The van der Waals surface area contributed by atoms with Gasteiger partial charge in [0.05, 0.1) is 0 Å². The quantitative estimate of drug-likeness (QED) is 0.215. The van der Waals surface area contributed by atoms with E-state index in [4.69, 9.17) is 29.0 Å². The van der Waals surface area contributed by atoms with E-state index in [1.165, 1.54) is 18.0 Å². The molecule has 0 unspecified atom stereocenters. The fourth-order valence-corrected chi connectivity index (χ4v) is 2.31. The Morgan fingerprint density at radius 3 is 2.82 bits per heavy atom. The predicted molar refractivity (Wildman–Crippen MR) is 84.7 cm³/mol. The number of carbonyl (C=O) groups excluding carboxylic acids is 1. The van der Waals surface area contributed by atoms with Crippen molar-refractivity contribution >= 4 is 52.5 Å². The van der Waals surface area contributed by atoms with Gasteiger partial charge < -0.3 is 11.2 Å². The van der Waals surface area contributed by atoms with E-state index < -0.39 is 5.91 Å². The Kier molecular flexibility index (Phi) is 5.47. The summed E-state index contributed by atoms with van der Waals surface area (Å²) in [6.07, 6.45) is 3.28. The zero-order valence-corrected chi connectivity index (χ0v) is 13.4. The minimum Gasteiger partial charge on any atom is -0.324 e. The molecule has 0 aliphatic rings. The lowest BCUT2D eigenvalue weighted by Gasteiger charge is -2.10. The molecule has 0 aliphatic carbocycles. The summed E-state index contributed by atoms with van der Waals surface area (Å²) in [6.45, 7) is 0. The Bertz CT molecular complexity index is 740. The number of amides is 1. The van der Waals surface area contributed by atoms with Crippen molar-refractivity contribution in [2.24, 2.45) is 16.2 Å². The fraction of sp³-hybridized carbons (Fsp3) is 0.0909. The average molecular weight is 358 g/mol. The average Bonchev–Trinajstić information content (AvgIpc) is 2.46. The summed E-state index contributed by atoms with van der Waals surface area (Å²) in [6, 6.07) is 3.18. The van der Waals surface area contributed by atoms with Crippen LogP contribution in [0.3, 0.4) is 0 Å². The summed E-state index contributed by atoms with van der Waals surface area (Å²) in [7, 11) is 0. The molecule has 0 fully saturated rings. The Morgan fingerprint density at radius 1 is 1.41 bits per heavy atom. The molecule has 2 heterocycles. The van der Waals surface area contributed by atoms with Gasteiger partial charge in [0.2, 0.25) is 0 Å². The van der Waals surface area contributed by atoms with Crippen molar-refractivity contribution in [3.8, 4) is 0 Å². The van der Waals surface area contributed by atoms with Gasteiger partial charge in [-0.15, -0.1) is 0 Å². The first-order valence-corrected chi connectivity index (χ1v) is 7.68. The van der Waals surface area contributed by atoms with Crippen LogP contribution in [-0.4, -0.2) is 27.1 Å². The number of halogens is 2. The van der Waals surface area contributed by atoms with Crippen LogP contribution in [-0.2, 0) is 0 Å². The SMILES string of the molecule is CSc1nc(Cl)c(C(=O)N=NN)c(Nc2cc(Cl)ccn2)n1. The van der Waals surface area contributed by atoms with E-state index in [9.17, 15) is 4.79 Å². The molecule has 114 valence electrons. The third kappa shape index (κ3) is 3.81. The van der Waals surface area contributed by atoms with Crippen molar-refractivity contribution in [2.45, 2.75) is 5.16 Å². The monoisotopic (exact) mass is 357 g/mol. The molecule has 11 heteroatoms. The molecule has 0 aromatic carbocycles. The molecule has 22 heavy (non-hydrogen) atoms. The van der Waals surface area contributed by atoms with Gasteiger partial charge in [0.25, 0.3) is 0 Å². The summed E-state index contributed by atoms with van der Waals surface area (Å²) in [5, 5.41) is 9.82. The molecule has 0 aliphatic heterocycles. The number of pyridine rings is 1. The molecule has 2 aromatic rings. The van der Waals surface area contributed by atoms with Crippen LogP contribution in [0.15, 0.2) is 33.8 Å². The van der Waals surface area contributed by atoms with Gasteiger partial charge in [0, 0.05) is 11.2 Å². The van der Waals surface area contributed by atoms with Crippen LogP contribution >= 0.6 is 35.0 Å². The molecule has 0 atom stereocenters. The maximum absolute atomic E-state index is 11.9. The third-order valence-corrected chi connectivity index (χ3v) is 3.41. The van der Waals surface area contributed by atoms with Crippen LogP contribution in [0.4, 0.5) is 11.6 Å². The van der Waals surface area contributed by atoms with Crippen molar-refractivity contribution in [3.05, 3.63) is 34.1 Å². The van der Waals surface area contributed by atoms with E-state index in [1.54, 1.807) is 18.4 Å². The van der Waals surface area contributed by atoms with E-state index >= 15 is 0 Å². The first-order chi connectivity index (χ1) is 10.5. The molecule has 0 radical (unpaired) electrons. The van der Waals surface area contributed by atoms with Crippen LogP contribution in [0.5, 0.6) is 0 Å². The highest BCUT2D eigenvalue weighted by molar-refractivity contribution is 7.98. The molecule has 0 spiro atoms. The highest BCUT2D eigenvalue weighted by Gasteiger charge is 2.20. The molecule has 8 nitrogen and oxygen atoms in total. The van der Waals surface area contributed by atoms with Crippen LogP contribution in [0.1, 0.15) is 10.4 Å². The molecule has 3 N–H and O–H groups in total. The smallest absolute Gasteiger partial charge is 0.303 e. The summed E-state index contributed by atoms with van der Waals surface area (Å²) in [4.78, 5) is 24.2. The lowest BCUT2D eigenvalue weighted by Crippen LogP contribution is -2.08. The Hall–Kier alpha value is -1.97. The lowest BCUT2D eigenvalue weighted by atomic mass is 10.3. The standard InChI is InChI=1S/C11H9Cl2N7OS/c1-22-11-17-8(13)7(10(21)19-20-14)9(18-11)16-6-4-5(12)2-3-15-6/h2-4H,1H3,(H2,14,19,21)(H,15,16,17,18). The van der Waals surface area contributed by atoms with Gasteiger partial charge >= 0.3 is 5.91 Å². The molecule has 2 rings (SSSR count). The second-order valence-electron chi connectivity index (χ2n) is 3.73. The minimum atomic E-state index is -0.773. The first-order valence-electron chi connectivity index (χ1n) is 5.70. The van der Waals surface area contributed by atoms with Gasteiger partial charge in [0.1, 0.15) is 16.5 Å². The number of rotatable bonds is 4. The highest BCUT2D eigenvalue weighted by atomic mass is 35.5. The number of anilines is 2. The number of hydrogen-bond acceptors (Lipinski definition) is 7. The molecular weight excluding hydrogens is 349 g/mol.